The van der Waals surface area contributed by atoms with Crippen molar-refractivity contribution in [2.45, 2.75) is 39.0 Å². The molecule has 1 aromatic rings. The first-order valence-corrected chi connectivity index (χ1v) is 6.52. The summed E-state index contributed by atoms with van der Waals surface area (Å²) in [6.45, 7) is 4.37. The van der Waals surface area contributed by atoms with Gasteiger partial charge in [0.1, 0.15) is 11.0 Å². The van der Waals surface area contributed by atoms with Crippen molar-refractivity contribution in [3.05, 3.63) is 21.1 Å². The standard InChI is InChI=1S/C11H14BrClN2/c1-3-4-8-9(12)10(13)15-11(14-8)7-5-6(7)2/h6-7H,3-5H2,1-2H3. The predicted octanol–water partition coefficient (Wildman–Crippen LogP) is 3.97. The van der Waals surface area contributed by atoms with Crippen LogP contribution in [-0.4, -0.2) is 9.97 Å². The monoisotopic (exact) mass is 288 g/mol. The summed E-state index contributed by atoms with van der Waals surface area (Å²) in [7, 11) is 0. The van der Waals surface area contributed by atoms with E-state index in [1.54, 1.807) is 0 Å². The van der Waals surface area contributed by atoms with Gasteiger partial charge in [-0.15, -0.1) is 0 Å². The molecular weight excluding hydrogens is 275 g/mol. The summed E-state index contributed by atoms with van der Waals surface area (Å²) in [6, 6.07) is 0. The maximum Gasteiger partial charge on any atom is 0.147 e. The van der Waals surface area contributed by atoms with Crippen LogP contribution < -0.4 is 0 Å². The van der Waals surface area contributed by atoms with Crippen molar-refractivity contribution in [2.24, 2.45) is 5.92 Å². The van der Waals surface area contributed by atoms with Gasteiger partial charge in [0.05, 0.1) is 10.2 Å². The third-order valence-corrected chi connectivity index (χ3v) is 4.16. The molecule has 0 aliphatic heterocycles. The smallest absolute Gasteiger partial charge is 0.147 e. The van der Waals surface area contributed by atoms with Gasteiger partial charge < -0.3 is 0 Å². The van der Waals surface area contributed by atoms with Crippen molar-refractivity contribution in [3.63, 3.8) is 0 Å². The number of hydrogen-bond acceptors (Lipinski definition) is 2. The first kappa shape index (κ1) is 11.3. The largest absolute Gasteiger partial charge is 0.236 e. The van der Waals surface area contributed by atoms with E-state index in [4.69, 9.17) is 11.6 Å². The van der Waals surface area contributed by atoms with E-state index < -0.39 is 0 Å². The van der Waals surface area contributed by atoms with Gasteiger partial charge in [0.25, 0.3) is 0 Å². The molecule has 15 heavy (non-hydrogen) atoms. The first-order chi connectivity index (χ1) is 7.13. The van der Waals surface area contributed by atoms with Gasteiger partial charge in [-0.25, -0.2) is 9.97 Å². The highest BCUT2D eigenvalue weighted by molar-refractivity contribution is 9.10. The molecule has 0 N–H and O–H groups in total. The predicted molar refractivity (Wildman–Crippen MR) is 65.3 cm³/mol. The van der Waals surface area contributed by atoms with E-state index in [0.717, 1.165) is 34.8 Å². The van der Waals surface area contributed by atoms with Crippen LogP contribution in [0.15, 0.2) is 4.47 Å². The second-order valence-corrected chi connectivity index (χ2v) is 5.35. The maximum atomic E-state index is 6.08. The first-order valence-electron chi connectivity index (χ1n) is 5.35. The minimum Gasteiger partial charge on any atom is -0.236 e. The fourth-order valence-corrected chi connectivity index (χ4v) is 2.30. The van der Waals surface area contributed by atoms with Gasteiger partial charge in [-0.05, 0) is 34.7 Å². The zero-order chi connectivity index (χ0) is 11.0. The lowest BCUT2D eigenvalue weighted by molar-refractivity contribution is 0.794. The zero-order valence-electron chi connectivity index (χ0n) is 8.93. The molecule has 0 bridgehead atoms. The molecule has 0 radical (unpaired) electrons. The lowest BCUT2D eigenvalue weighted by Gasteiger charge is -2.06. The Balaban J connectivity index is 2.33. The minimum absolute atomic E-state index is 0.534. The molecule has 82 valence electrons. The van der Waals surface area contributed by atoms with Crippen LogP contribution in [0.1, 0.15) is 44.1 Å². The van der Waals surface area contributed by atoms with Crippen LogP contribution in [-0.2, 0) is 6.42 Å². The van der Waals surface area contributed by atoms with Gasteiger partial charge in [0.15, 0.2) is 0 Å². The molecule has 2 unspecified atom stereocenters. The molecule has 0 saturated heterocycles. The number of aryl methyl sites for hydroxylation is 1. The molecule has 2 rings (SSSR count). The molecule has 0 amide bonds. The Bertz CT molecular complexity index is 381. The number of aromatic nitrogens is 2. The summed E-state index contributed by atoms with van der Waals surface area (Å²) in [5.41, 5.74) is 1.05. The second kappa shape index (κ2) is 4.38. The van der Waals surface area contributed by atoms with Crippen LogP contribution in [0.3, 0.4) is 0 Å². The van der Waals surface area contributed by atoms with E-state index in [1.807, 2.05) is 0 Å². The molecule has 1 fully saturated rings. The quantitative estimate of drug-likeness (QED) is 0.787. The highest BCUT2D eigenvalue weighted by Crippen LogP contribution is 2.46. The average molecular weight is 290 g/mol. The molecule has 1 aliphatic carbocycles. The van der Waals surface area contributed by atoms with Crippen LogP contribution in [0.5, 0.6) is 0 Å². The molecule has 2 atom stereocenters. The summed E-state index contributed by atoms with van der Waals surface area (Å²) in [5.74, 6) is 2.18. The SMILES string of the molecule is CCCc1nc(C2CC2C)nc(Cl)c1Br. The van der Waals surface area contributed by atoms with Crippen LogP contribution in [0, 0.1) is 5.92 Å². The highest BCUT2D eigenvalue weighted by atomic mass is 79.9. The van der Waals surface area contributed by atoms with E-state index in [9.17, 15) is 0 Å². The molecule has 1 saturated carbocycles. The van der Waals surface area contributed by atoms with E-state index >= 15 is 0 Å². The van der Waals surface area contributed by atoms with Crippen molar-refractivity contribution < 1.29 is 0 Å². The van der Waals surface area contributed by atoms with Gasteiger partial charge in [0.2, 0.25) is 0 Å². The number of halogens is 2. The van der Waals surface area contributed by atoms with E-state index in [1.165, 1.54) is 6.42 Å². The summed E-state index contributed by atoms with van der Waals surface area (Å²) in [4.78, 5) is 8.93. The van der Waals surface area contributed by atoms with E-state index in [2.05, 4.69) is 39.7 Å². The normalized spacial score (nSPS) is 24.3. The van der Waals surface area contributed by atoms with Crippen molar-refractivity contribution >= 4 is 27.5 Å². The third-order valence-electron chi connectivity index (χ3n) is 2.82. The summed E-state index contributed by atoms with van der Waals surface area (Å²) in [6.07, 6.45) is 3.23. The Morgan fingerprint density at radius 2 is 2.13 bits per heavy atom. The van der Waals surface area contributed by atoms with Gasteiger partial charge in [-0.2, -0.15) is 0 Å². The van der Waals surface area contributed by atoms with Crippen LogP contribution in [0.4, 0.5) is 0 Å². The molecule has 1 aromatic heterocycles. The molecule has 0 spiro atoms. The molecule has 1 heterocycles. The van der Waals surface area contributed by atoms with Crippen molar-refractivity contribution in [1.82, 2.24) is 9.97 Å². The Morgan fingerprint density at radius 3 is 2.67 bits per heavy atom. The fourth-order valence-electron chi connectivity index (χ4n) is 1.73. The zero-order valence-corrected chi connectivity index (χ0v) is 11.3. The van der Waals surface area contributed by atoms with Gasteiger partial charge >= 0.3 is 0 Å². The molecule has 1 aliphatic rings. The minimum atomic E-state index is 0.534. The van der Waals surface area contributed by atoms with Gasteiger partial charge in [-0.1, -0.05) is 31.9 Å². The van der Waals surface area contributed by atoms with Gasteiger partial charge in [-0.3, -0.25) is 0 Å². The Morgan fingerprint density at radius 1 is 1.47 bits per heavy atom. The Labute approximate surface area is 104 Å². The Hall–Kier alpha value is -0.150. The summed E-state index contributed by atoms with van der Waals surface area (Å²) in [5, 5.41) is 0.558. The highest BCUT2D eigenvalue weighted by Gasteiger charge is 2.37. The Kier molecular flexibility index (Phi) is 3.31. The summed E-state index contributed by atoms with van der Waals surface area (Å²) >= 11 is 9.52. The molecule has 0 aromatic carbocycles. The van der Waals surface area contributed by atoms with E-state index in [-0.39, 0.29) is 0 Å². The van der Waals surface area contributed by atoms with Crippen molar-refractivity contribution in [1.29, 1.82) is 0 Å². The number of rotatable bonds is 3. The fraction of sp³-hybridized carbons (Fsp3) is 0.636. The molecular formula is C11H14BrClN2. The molecule has 4 heteroatoms. The maximum absolute atomic E-state index is 6.08. The third kappa shape index (κ3) is 2.34. The van der Waals surface area contributed by atoms with Crippen LogP contribution in [0.25, 0.3) is 0 Å². The topological polar surface area (TPSA) is 25.8 Å². The lowest BCUT2D eigenvalue weighted by atomic mass is 10.2. The summed E-state index contributed by atoms with van der Waals surface area (Å²) < 4.78 is 0.864. The molecule has 2 nitrogen and oxygen atoms in total. The number of hydrogen-bond donors (Lipinski definition) is 0. The van der Waals surface area contributed by atoms with Crippen molar-refractivity contribution in [2.75, 3.05) is 0 Å². The van der Waals surface area contributed by atoms with Crippen LogP contribution in [0.2, 0.25) is 5.15 Å². The van der Waals surface area contributed by atoms with Crippen molar-refractivity contribution in [3.8, 4) is 0 Å². The van der Waals surface area contributed by atoms with E-state index in [0.29, 0.717) is 11.1 Å². The van der Waals surface area contributed by atoms with Gasteiger partial charge in [0, 0.05) is 5.92 Å². The van der Waals surface area contributed by atoms with Crippen LogP contribution >= 0.6 is 27.5 Å². The second-order valence-electron chi connectivity index (χ2n) is 4.20. The number of nitrogens with zero attached hydrogens (tertiary/aromatic N) is 2. The lowest BCUT2D eigenvalue weighted by Crippen LogP contribution is -2.01. The average Bonchev–Trinajstić information content (AvgIpc) is 2.91.